The van der Waals surface area contributed by atoms with Crippen LogP contribution in [-0.2, 0) is 30.3 Å². The molecule has 10 heteroatoms. The van der Waals surface area contributed by atoms with Gasteiger partial charge < -0.3 is 29.0 Å². The van der Waals surface area contributed by atoms with Gasteiger partial charge >= 0.3 is 24.1 Å². The van der Waals surface area contributed by atoms with Gasteiger partial charge in [-0.3, -0.25) is 14.4 Å². The number of esters is 3. The lowest BCUT2D eigenvalue weighted by molar-refractivity contribution is -0.143. The van der Waals surface area contributed by atoms with Crippen LogP contribution in [0.2, 0.25) is 0 Å². The first-order valence-electron chi connectivity index (χ1n) is 13.8. The number of benzene rings is 2. The third-order valence-electron chi connectivity index (χ3n) is 5.89. The SMILES string of the molecule is COC(=O)[C@H](Cc1ccc(OC(=O)CCC(C)C)c(OC(=O)CCC(C)C)c1)NCCOC(=O)Oc1ccccc1. The Labute approximate surface area is 241 Å². The van der Waals surface area contributed by atoms with Crippen molar-refractivity contribution in [2.45, 2.75) is 65.8 Å². The van der Waals surface area contributed by atoms with Crippen LogP contribution in [0.5, 0.6) is 17.2 Å². The molecule has 0 aliphatic rings. The summed E-state index contributed by atoms with van der Waals surface area (Å²) in [5.74, 6) is -0.162. The molecule has 0 saturated heterocycles. The smallest absolute Gasteiger partial charge is 0.468 e. The van der Waals surface area contributed by atoms with Crippen LogP contribution in [0.1, 0.15) is 58.9 Å². The summed E-state index contributed by atoms with van der Waals surface area (Å²) in [5, 5.41) is 3.00. The Hall–Kier alpha value is -3.92. The molecule has 0 aromatic heterocycles. The topological polar surface area (TPSA) is 126 Å². The number of nitrogens with one attached hydrogen (secondary N) is 1. The minimum Gasteiger partial charge on any atom is -0.468 e. The van der Waals surface area contributed by atoms with Gasteiger partial charge in [0, 0.05) is 19.4 Å². The second-order valence-electron chi connectivity index (χ2n) is 10.3. The van der Waals surface area contributed by atoms with E-state index in [0.717, 1.165) is 0 Å². The molecule has 0 saturated carbocycles. The second kappa shape index (κ2) is 17.7. The van der Waals surface area contributed by atoms with Crippen LogP contribution in [0.25, 0.3) is 0 Å². The maximum atomic E-state index is 12.5. The van der Waals surface area contributed by atoms with Gasteiger partial charge in [0.1, 0.15) is 18.4 Å². The molecule has 0 aliphatic heterocycles. The normalized spacial score (nSPS) is 11.6. The van der Waals surface area contributed by atoms with Gasteiger partial charge in [-0.1, -0.05) is 52.0 Å². The van der Waals surface area contributed by atoms with Gasteiger partial charge in [0.05, 0.1) is 7.11 Å². The predicted molar refractivity (Wildman–Crippen MR) is 152 cm³/mol. The quantitative estimate of drug-likeness (QED) is 0.123. The summed E-state index contributed by atoms with van der Waals surface area (Å²) in [6.07, 6.45) is 1.06. The maximum absolute atomic E-state index is 12.5. The van der Waals surface area contributed by atoms with Crippen molar-refractivity contribution in [2.75, 3.05) is 20.3 Å². The first kappa shape index (κ1) is 33.3. The van der Waals surface area contributed by atoms with E-state index in [-0.39, 0.29) is 43.9 Å². The van der Waals surface area contributed by atoms with Crippen LogP contribution < -0.4 is 19.5 Å². The van der Waals surface area contributed by atoms with Crippen LogP contribution in [-0.4, -0.2) is 50.4 Å². The molecule has 0 radical (unpaired) electrons. The highest BCUT2D eigenvalue weighted by Gasteiger charge is 2.22. The third-order valence-corrected chi connectivity index (χ3v) is 5.89. The molecule has 0 spiro atoms. The van der Waals surface area contributed by atoms with E-state index >= 15 is 0 Å². The van der Waals surface area contributed by atoms with Crippen molar-refractivity contribution in [3.8, 4) is 17.2 Å². The van der Waals surface area contributed by atoms with Crippen molar-refractivity contribution in [2.24, 2.45) is 11.8 Å². The van der Waals surface area contributed by atoms with Gasteiger partial charge in [0.15, 0.2) is 11.5 Å². The van der Waals surface area contributed by atoms with Crippen molar-refractivity contribution in [1.82, 2.24) is 5.32 Å². The molecular formula is C31H41NO9. The standard InChI is InChI=1S/C31H41NO9/c1-21(2)11-15-28(33)40-26-14-13-23(20-27(26)41-29(34)16-12-22(3)4)19-25(30(35)37-5)32-17-18-38-31(36)39-24-9-7-6-8-10-24/h6-10,13-14,20-22,25,32H,11-12,15-19H2,1-5H3/t25-/m0/s1. The molecule has 2 aromatic rings. The average Bonchev–Trinajstić information content (AvgIpc) is 2.93. The Kier molecular flexibility index (Phi) is 14.4. The van der Waals surface area contributed by atoms with Crippen molar-refractivity contribution >= 4 is 24.1 Å². The van der Waals surface area contributed by atoms with E-state index in [9.17, 15) is 19.2 Å². The highest BCUT2D eigenvalue weighted by atomic mass is 16.7. The number of carbonyl (C=O) groups excluding carboxylic acids is 4. The van der Waals surface area contributed by atoms with Gasteiger partial charge in [-0.25, -0.2) is 4.79 Å². The molecule has 10 nitrogen and oxygen atoms in total. The van der Waals surface area contributed by atoms with Crippen molar-refractivity contribution in [1.29, 1.82) is 0 Å². The second-order valence-corrected chi connectivity index (χ2v) is 10.3. The van der Waals surface area contributed by atoms with Gasteiger partial charge in [0.25, 0.3) is 0 Å². The third kappa shape index (κ3) is 13.3. The molecule has 2 rings (SSSR count). The molecule has 41 heavy (non-hydrogen) atoms. The van der Waals surface area contributed by atoms with Gasteiger partial charge in [-0.15, -0.1) is 0 Å². The highest BCUT2D eigenvalue weighted by molar-refractivity contribution is 5.77. The summed E-state index contributed by atoms with van der Waals surface area (Å²) in [6, 6.07) is 12.5. The fourth-order valence-corrected chi connectivity index (χ4v) is 3.60. The summed E-state index contributed by atoms with van der Waals surface area (Å²) in [4.78, 5) is 49.2. The summed E-state index contributed by atoms with van der Waals surface area (Å²) in [5.41, 5.74) is 0.631. The van der Waals surface area contributed by atoms with E-state index in [4.69, 9.17) is 23.7 Å². The fraction of sp³-hybridized carbons (Fsp3) is 0.484. The summed E-state index contributed by atoms with van der Waals surface area (Å²) in [6.45, 7) is 8.13. The van der Waals surface area contributed by atoms with E-state index in [1.165, 1.54) is 7.11 Å². The zero-order valence-electron chi connectivity index (χ0n) is 24.5. The fourth-order valence-electron chi connectivity index (χ4n) is 3.60. The van der Waals surface area contributed by atoms with Gasteiger partial charge in [0.2, 0.25) is 0 Å². The number of para-hydroxylation sites is 1. The Morgan fingerprint density at radius 3 is 1.98 bits per heavy atom. The Bertz CT molecular complexity index is 1130. The van der Waals surface area contributed by atoms with Crippen LogP contribution in [0.15, 0.2) is 48.5 Å². The molecule has 224 valence electrons. The van der Waals surface area contributed by atoms with Gasteiger partial charge in [-0.2, -0.15) is 0 Å². The largest absolute Gasteiger partial charge is 0.513 e. The molecule has 0 bridgehead atoms. The first-order valence-corrected chi connectivity index (χ1v) is 13.8. The van der Waals surface area contributed by atoms with Crippen LogP contribution in [0.4, 0.5) is 4.79 Å². The zero-order valence-corrected chi connectivity index (χ0v) is 24.5. The first-order chi connectivity index (χ1) is 19.6. The maximum Gasteiger partial charge on any atom is 0.513 e. The summed E-state index contributed by atoms with van der Waals surface area (Å²) < 4.78 is 26.2. The monoisotopic (exact) mass is 571 g/mol. The molecule has 0 heterocycles. The zero-order chi connectivity index (χ0) is 30.2. The van der Waals surface area contributed by atoms with Crippen LogP contribution >= 0.6 is 0 Å². The highest BCUT2D eigenvalue weighted by Crippen LogP contribution is 2.30. The number of methoxy groups -OCH3 is 1. The Morgan fingerprint density at radius 1 is 0.780 bits per heavy atom. The predicted octanol–water partition coefficient (Wildman–Crippen LogP) is 5.26. The van der Waals surface area contributed by atoms with Crippen molar-refractivity contribution in [3.05, 3.63) is 54.1 Å². The Morgan fingerprint density at radius 2 is 1.39 bits per heavy atom. The lowest BCUT2D eigenvalue weighted by Crippen LogP contribution is -2.41. The van der Waals surface area contributed by atoms with Crippen LogP contribution in [0, 0.1) is 11.8 Å². The number of hydrogen-bond donors (Lipinski definition) is 1. The summed E-state index contributed by atoms with van der Waals surface area (Å²) in [7, 11) is 1.27. The average molecular weight is 572 g/mol. The number of ether oxygens (including phenoxy) is 5. The molecular weight excluding hydrogens is 530 g/mol. The number of hydrogen-bond acceptors (Lipinski definition) is 10. The number of rotatable bonds is 16. The lowest BCUT2D eigenvalue weighted by atomic mass is 10.0. The Balaban J connectivity index is 2.06. The summed E-state index contributed by atoms with van der Waals surface area (Å²) >= 11 is 0. The van der Waals surface area contributed by atoms with Crippen molar-refractivity contribution in [3.63, 3.8) is 0 Å². The molecule has 1 N–H and O–H groups in total. The van der Waals surface area contributed by atoms with E-state index < -0.39 is 30.1 Å². The minimum absolute atomic E-state index is 0.0524. The van der Waals surface area contributed by atoms with E-state index in [1.807, 2.05) is 27.7 Å². The van der Waals surface area contributed by atoms with Gasteiger partial charge in [-0.05, 0) is 60.9 Å². The van der Waals surface area contributed by atoms with E-state index in [2.05, 4.69) is 5.32 Å². The molecule has 0 fully saturated rings. The van der Waals surface area contributed by atoms with Crippen LogP contribution in [0.3, 0.4) is 0 Å². The minimum atomic E-state index is -0.866. The molecule has 1 atom stereocenters. The molecule has 0 aliphatic carbocycles. The van der Waals surface area contributed by atoms with Crippen molar-refractivity contribution < 1.29 is 42.9 Å². The molecule has 2 aromatic carbocycles. The van der Waals surface area contributed by atoms with E-state index in [0.29, 0.717) is 36.0 Å². The number of carbonyl (C=O) groups is 4. The van der Waals surface area contributed by atoms with E-state index in [1.54, 1.807) is 48.5 Å². The lowest BCUT2D eigenvalue weighted by Gasteiger charge is -2.18. The molecule has 0 amide bonds. The molecule has 0 unspecified atom stereocenters.